The summed E-state index contributed by atoms with van der Waals surface area (Å²) in [6.45, 7) is 5.68. The number of ketones is 1. The average Bonchev–Trinajstić information content (AvgIpc) is 2.36. The lowest BCUT2D eigenvalue weighted by Gasteiger charge is -2.12. The van der Waals surface area contributed by atoms with Crippen LogP contribution in [-0.4, -0.2) is 25.5 Å². The van der Waals surface area contributed by atoms with Gasteiger partial charge in [0.05, 0.1) is 13.7 Å². The lowest BCUT2D eigenvalue weighted by atomic mass is 10.0. The van der Waals surface area contributed by atoms with Crippen molar-refractivity contribution in [2.24, 2.45) is 0 Å². The minimum Gasteiger partial charge on any atom is -0.496 e. The third-order valence-electron chi connectivity index (χ3n) is 2.66. The van der Waals surface area contributed by atoms with E-state index in [-0.39, 0.29) is 6.61 Å². The predicted octanol–water partition coefficient (Wildman–Crippen LogP) is 2.31. The molecule has 0 aliphatic carbocycles. The number of hydrogen-bond acceptors (Lipinski definition) is 4. The van der Waals surface area contributed by atoms with Gasteiger partial charge in [-0.1, -0.05) is 6.92 Å². The summed E-state index contributed by atoms with van der Waals surface area (Å²) in [5.74, 6) is -0.667. The van der Waals surface area contributed by atoms with E-state index in [4.69, 9.17) is 9.47 Å². The van der Waals surface area contributed by atoms with Crippen molar-refractivity contribution in [1.29, 1.82) is 0 Å². The normalized spacial score (nSPS) is 10.0. The number of hydrogen-bond donors (Lipinski definition) is 0. The summed E-state index contributed by atoms with van der Waals surface area (Å²) >= 11 is 0. The largest absolute Gasteiger partial charge is 0.496 e. The van der Waals surface area contributed by atoms with Crippen LogP contribution in [0.1, 0.15) is 35.3 Å². The van der Waals surface area contributed by atoms with Crippen molar-refractivity contribution in [2.75, 3.05) is 13.7 Å². The smallest absolute Gasteiger partial charge is 0.379 e. The Labute approximate surface area is 107 Å². The fraction of sp³-hybridized carbons (Fsp3) is 0.429. The quantitative estimate of drug-likeness (QED) is 0.457. The molecule has 98 valence electrons. The summed E-state index contributed by atoms with van der Waals surface area (Å²) in [4.78, 5) is 23.2. The standard InChI is InChI=1S/C14H18O4/c1-5-10-8-11(7-9(3)13(10)17-4)12(15)14(16)18-6-2/h7-8H,5-6H2,1-4H3. The molecule has 4 nitrogen and oxygen atoms in total. The summed E-state index contributed by atoms with van der Waals surface area (Å²) < 4.78 is 9.99. The lowest BCUT2D eigenvalue weighted by molar-refractivity contribution is -0.137. The van der Waals surface area contributed by atoms with Crippen molar-refractivity contribution in [3.05, 3.63) is 28.8 Å². The molecule has 0 fully saturated rings. The molecule has 0 saturated carbocycles. The first kappa shape index (κ1) is 14.2. The van der Waals surface area contributed by atoms with E-state index in [1.807, 2.05) is 13.8 Å². The molecule has 18 heavy (non-hydrogen) atoms. The van der Waals surface area contributed by atoms with Gasteiger partial charge in [0.25, 0.3) is 5.78 Å². The van der Waals surface area contributed by atoms with E-state index in [9.17, 15) is 9.59 Å². The van der Waals surface area contributed by atoms with Crippen LogP contribution in [0.25, 0.3) is 0 Å². The molecular weight excluding hydrogens is 232 g/mol. The maximum atomic E-state index is 11.8. The minimum atomic E-state index is -0.816. The van der Waals surface area contributed by atoms with Crippen LogP contribution in [0, 0.1) is 6.92 Å². The summed E-state index contributed by atoms with van der Waals surface area (Å²) in [7, 11) is 1.59. The minimum absolute atomic E-state index is 0.195. The molecule has 0 aromatic heterocycles. The topological polar surface area (TPSA) is 52.6 Å². The van der Waals surface area contributed by atoms with Gasteiger partial charge >= 0.3 is 5.97 Å². The van der Waals surface area contributed by atoms with Gasteiger partial charge in [0.1, 0.15) is 5.75 Å². The Hall–Kier alpha value is -1.84. The van der Waals surface area contributed by atoms with E-state index in [2.05, 4.69) is 0 Å². The highest BCUT2D eigenvalue weighted by Gasteiger charge is 2.19. The fourth-order valence-corrected chi connectivity index (χ4v) is 1.85. The van der Waals surface area contributed by atoms with Crippen LogP contribution >= 0.6 is 0 Å². The van der Waals surface area contributed by atoms with Crippen molar-refractivity contribution in [1.82, 2.24) is 0 Å². The third kappa shape index (κ3) is 2.88. The number of rotatable bonds is 5. The molecule has 4 heteroatoms. The number of carbonyl (C=O) groups excluding carboxylic acids is 2. The molecule has 0 atom stereocenters. The van der Waals surface area contributed by atoms with Gasteiger partial charge in [0.15, 0.2) is 0 Å². The van der Waals surface area contributed by atoms with Crippen molar-refractivity contribution in [3.63, 3.8) is 0 Å². The summed E-state index contributed by atoms with van der Waals surface area (Å²) in [5.41, 5.74) is 2.10. The molecule has 0 radical (unpaired) electrons. The number of methoxy groups -OCH3 is 1. The molecule has 1 aromatic carbocycles. The molecule has 0 amide bonds. The zero-order valence-corrected chi connectivity index (χ0v) is 11.2. The third-order valence-corrected chi connectivity index (χ3v) is 2.66. The Morgan fingerprint density at radius 1 is 1.22 bits per heavy atom. The van der Waals surface area contributed by atoms with Crippen LogP contribution in [0.15, 0.2) is 12.1 Å². The van der Waals surface area contributed by atoms with Crippen molar-refractivity contribution >= 4 is 11.8 Å². The van der Waals surface area contributed by atoms with Gasteiger partial charge in [0, 0.05) is 5.56 Å². The Morgan fingerprint density at radius 3 is 2.39 bits per heavy atom. The molecule has 0 N–H and O–H groups in total. The first-order valence-electron chi connectivity index (χ1n) is 5.94. The molecule has 1 aromatic rings. The Morgan fingerprint density at radius 2 is 1.89 bits per heavy atom. The molecule has 0 spiro atoms. The molecule has 0 saturated heterocycles. The zero-order valence-electron chi connectivity index (χ0n) is 11.2. The molecule has 0 aliphatic rings. The van der Waals surface area contributed by atoms with E-state index in [1.54, 1.807) is 26.2 Å². The Kier molecular flexibility index (Phi) is 4.89. The van der Waals surface area contributed by atoms with Gasteiger partial charge < -0.3 is 9.47 Å². The number of esters is 1. The lowest BCUT2D eigenvalue weighted by Crippen LogP contribution is -2.18. The molecule has 1 rings (SSSR count). The first-order valence-corrected chi connectivity index (χ1v) is 5.94. The van der Waals surface area contributed by atoms with Crippen molar-refractivity contribution < 1.29 is 19.1 Å². The van der Waals surface area contributed by atoms with E-state index < -0.39 is 11.8 Å². The van der Waals surface area contributed by atoms with Crippen LogP contribution in [0.5, 0.6) is 5.75 Å². The van der Waals surface area contributed by atoms with Gasteiger partial charge in [-0.3, -0.25) is 4.79 Å². The molecule has 0 aliphatic heterocycles. The molecule has 0 unspecified atom stereocenters. The van der Waals surface area contributed by atoms with Crippen LogP contribution in [0.3, 0.4) is 0 Å². The second-order valence-corrected chi connectivity index (χ2v) is 3.89. The highest BCUT2D eigenvalue weighted by molar-refractivity contribution is 6.40. The Balaban J connectivity index is 3.15. The number of carbonyl (C=O) groups is 2. The van der Waals surface area contributed by atoms with Crippen molar-refractivity contribution in [3.8, 4) is 5.75 Å². The fourth-order valence-electron chi connectivity index (χ4n) is 1.85. The highest BCUT2D eigenvalue weighted by atomic mass is 16.5. The summed E-state index contributed by atoms with van der Waals surface area (Å²) in [6, 6.07) is 3.34. The highest BCUT2D eigenvalue weighted by Crippen LogP contribution is 2.26. The van der Waals surface area contributed by atoms with Gasteiger partial charge in [-0.15, -0.1) is 0 Å². The second-order valence-electron chi connectivity index (χ2n) is 3.89. The van der Waals surface area contributed by atoms with Crippen LogP contribution in [0.2, 0.25) is 0 Å². The van der Waals surface area contributed by atoms with E-state index in [0.29, 0.717) is 5.56 Å². The van der Waals surface area contributed by atoms with E-state index in [1.165, 1.54) is 0 Å². The summed E-state index contributed by atoms with van der Waals surface area (Å²) in [6.07, 6.45) is 0.730. The first-order chi connectivity index (χ1) is 8.54. The number of aryl methyl sites for hydroxylation is 2. The molecule has 0 heterocycles. The number of benzene rings is 1. The van der Waals surface area contributed by atoms with Crippen LogP contribution in [-0.2, 0) is 16.0 Å². The molecular formula is C14H18O4. The van der Waals surface area contributed by atoms with Crippen molar-refractivity contribution in [2.45, 2.75) is 27.2 Å². The zero-order chi connectivity index (χ0) is 13.7. The van der Waals surface area contributed by atoms with Gasteiger partial charge in [-0.05, 0) is 43.5 Å². The summed E-state index contributed by atoms with van der Waals surface area (Å²) in [5, 5.41) is 0. The SMILES string of the molecule is CCOC(=O)C(=O)c1cc(C)c(OC)c(CC)c1. The monoisotopic (exact) mass is 250 g/mol. The van der Waals surface area contributed by atoms with Gasteiger partial charge in [0.2, 0.25) is 0 Å². The average molecular weight is 250 g/mol. The predicted molar refractivity (Wildman–Crippen MR) is 68.1 cm³/mol. The van der Waals surface area contributed by atoms with Crippen LogP contribution in [0.4, 0.5) is 0 Å². The van der Waals surface area contributed by atoms with Gasteiger partial charge in [-0.2, -0.15) is 0 Å². The second kappa shape index (κ2) is 6.19. The van der Waals surface area contributed by atoms with E-state index >= 15 is 0 Å². The maximum absolute atomic E-state index is 11.8. The van der Waals surface area contributed by atoms with E-state index in [0.717, 1.165) is 23.3 Å². The van der Waals surface area contributed by atoms with Gasteiger partial charge in [-0.25, -0.2) is 4.79 Å². The number of ether oxygens (including phenoxy) is 2. The molecule has 0 bridgehead atoms. The maximum Gasteiger partial charge on any atom is 0.379 e. The van der Waals surface area contributed by atoms with Crippen LogP contribution < -0.4 is 4.74 Å². The number of Topliss-reactive ketones (excluding diaryl/α,β-unsaturated/α-hetero) is 1. The Bertz CT molecular complexity index is 463.